The fourth-order valence-electron chi connectivity index (χ4n) is 2.20. The van der Waals surface area contributed by atoms with Crippen molar-refractivity contribution in [2.24, 2.45) is 0 Å². The molecule has 0 aliphatic rings. The molecule has 0 aliphatic heterocycles. The molecule has 0 bridgehead atoms. The minimum atomic E-state index is 0.428. The second kappa shape index (κ2) is 11.1. The van der Waals surface area contributed by atoms with Crippen molar-refractivity contribution in [3.05, 3.63) is 34.9 Å². The van der Waals surface area contributed by atoms with E-state index in [0.717, 1.165) is 50.6 Å². The van der Waals surface area contributed by atoms with Gasteiger partial charge in [0.15, 0.2) is 0 Å². The van der Waals surface area contributed by atoms with E-state index in [1.165, 1.54) is 12.0 Å². The standard InChI is InChI=1S/C17H28ClNO/c1-3-5-12-20-13-10-15(14-19-11-4-2)16-8-6-7-9-17(16)18/h6-9,15,19H,3-5,10-14H2,1-2H3. The molecule has 0 aliphatic carbocycles. The molecule has 0 radical (unpaired) electrons. The number of ether oxygens (including phenoxy) is 1. The Hall–Kier alpha value is -0.570. The molecule has 0 spiro atoms. The minimum absolute atomic E-state index is 0.428. The minimum Gasteiger partial charge on any atom is -0.381 e. The van der Waals surface area contributed by atoms with Crippen LogP contribution in [0, 0.1) is 0 Å². The highest BCUT2D eigenvalue weighted by Gasteiger charge is 2.14. The molecular weight excluding hydrogens is 270 g/mol. The van der Waals surface area contributed by atoms with Crippen molar-refractivity contribution in [1.29, 1.82) is 0 Å². The first-order valence-corrected chi connectivity index (χ1v) is 8.20. The number of unbranched alkanes of at least 4 members (excludes halogenated alkanes) is 1. The van der Waals surface area contributed by atoms with Gasteiger partial charge in [-0.2, -0.15) is 0 Å². The van der Waals surface area contributed by atoms with Crippen LogP contribution in [0.15, 0.2) is 24.3 Å². The normalized spacial score (nSPS) is 12.6. The molecule has 114 valence electrons. The first-order chi connectivity index (χ1) is 9.79. The lowest BCUT2D eigenvalue weighted by atomic mass is 9.96. The number of hydrogen-bond donors (Lipinski definition) is 1. The molecule has 0 saturated carbocycles. The van der Waals surface area contributed by atoms with Gasteiger partial charge in [-0.25, -0.2) is 0 Å². The summed E-state index contributed by atoms with van der Waals surface area (Å²) >= 11 is 6.33. The molecule has 0 amide bonds. The lowest BCUT2D eigenvalue weighted by Gasteiger charge is -2.19. The third kappa shape index (κ3) is 6.74. The number of halogens is 1. The molecule has 0 fully saturated rings. The highest BCUT2D eigenvalue weighted by Crippen LogP contribution is 2.26. The van der Waals surface area contributed by atoms with Crippen molar-refractivity contribution in [2.45, 2.75) is 45.4 Å². The van der Waals surface area contributed by atoms with Gasteiger partial charge in [0, 0.05) is 24.8 Å². The largest absolute Gasteiger partial charge is 0.381 e. The van der Waals surface area contributed by atoms with Gasteiger partial charge in [0.1, 0.15) is 0 Å². The zero-order valence-corrected chi connectivity index (χ0v) is 13.6. The van der Waals surface area contributed by atoms with Crippen molar-refractivity contribution in [1.82, 2.24) is 5.32 Å². The molecular formula is C17H28ClNO. The molecule has 0 aromatic heterocycles. The monoisotopic (exact) mass is 297 g/mol. The summed E-state index contributed by atoms with van der Waals surface area (Å²) in [4.78, 5) is 0. The maximum atomic E-state index is 6.33. The van der Waals surface area contributed by atoms with Crippen molar-refractivity contribution in [3.8, 4) is 0 Å². The Bertz CT molecular complexity index is 357. The van der Waals surface area contributed by atoms with Crippen LogP contribution in [0.25, 0.3) is 0 Å². The SMILES string of the molecule is CCCCOCCC(CNCCC)c1ccccc1Cl. The summed E-state index contributed by atoms with van der Waals surface area (Å²) in [5, 5.41) is 4.36. The molecule has 2 nitrogen and oxygen atoms in total. The molecule has 1 aromatic carbocycles. The van der Waals surface area contributed by atoms with E-state index in [1.54, 1.807) is 0 Å². The van der Waals surface area contributed by atoms with Crippen LogP contribution >= 0.6 is 11.6 Å². The van der Waals surface area contributed by atoms with E-state index in [4.69, 9.17) is 16.3 Å². The summed E-state index contributed by atoms with van der Waals surface area (Å²) in [6, 6.07) is 8.15. The second-order valence-corrected chi connectivity index (χ2v) is 5.58. The molecule has 1 unspecified atom stereocenters. The number of hydrogen-bond acceptors (Lipinski definition) is 2. The summed E-state index contributed by atoms with van der Waals surface area (Å²) in [6.45, 7) is 8.07. The topological polar surface area (TPSA) is 21.3 Å². The Morgan fingerprint density at radius 2 is 1.95 bits per heavy atom. The molecule has 20 heavy (non-hydrogen) atoms. The zero-order valence-electron chi connectivity index (χ0n) is 12.8. The van der Waals surface area contributed by atoms with E-state index in [1.807, 2.05) is 12.1 Å². The predicted molar refractivity (Wildman–Crippen MR) is 87.7 cm³/mol. The smallest absolute Gasteiger partial charge is 0.0472 e. The number of benzene rings is 1. The Morgan fingerprint density at radius 1 is 1.15 bits per heavy atom. The molecule has 1 atom stereocenters. The van der Waals surface area contributed by atoms with E-state index in [2.05, 4.69) is 31.3 Å². The summed E-state index contributed by atoms with van der Waals surface area (Å²) in [6.07, 6.45) is 4.50. The van der Waals surface area contributed by atoms with Crippen LogP contribution in [0.3, 0.4) is 0 Å². The maximum Gasteiger partial charge on any atom is 0.0472 e. The van der Waals surface area contributed by atoms with Gasteiger partial charge in [0.2, 0.25) is 0 Å². The highest BCUT2D eigenvalue weighted by molar-refractivity contribution is 6.31. The maximum absolute atomic E-state index is 6.33. The average molecular weight is 298 g/mol. The Balaban J connectivity index is 2.49. The third-order valence-electron chi connectivity index (χ3n) is 3.42. The van der Waals surface area contributed by atoms with E-state index < -0.39 is 0 Å². The van der Waals surface area contributed by atoms with E-state index >= 15 is 0 Å². The summed E-state index contributed by atoms with van der Waals surface area (Å²) in [5.41, 5.74) is 1.23. The van der Waals surface area contributed by atoms with Crippen LogP contribution in [-0.4, -0.2) is 26.3 Å². The fraction of sp³-hybridized carbons (Fsp3) is 0.647. The molecule has 1 N–H and O–H groups in total. The fourth-order valence-corrected chi connectivity index (χ4v) is 2.49. The van der Waals surface area contributed by atoms with Crippen LogP contribution < -0.4 is 5.32 Å². The first-order valence-electron chi connectivity index (χ1n) is 7.82. The lowest BCUT2D eigenvalue weighted by Crippen LogP contribution is -2.23. The third-order valence-corrected chi connectivity index (χ3v) is 3.76. The van der Waals surface area contributed by atoms with E-state index in [9.17, 15) is 0 Å². The number of nitrogens with one attached hydrogen (secondary N) is 1. The number of rotatable bonds is 11. The zero-order chi connectivity index (χ0) is 14.6. The molecule has 0 heterocycles. The second-order valence-electron chi connectivity index (χ2n) is 5.18. The van der Waals surface area contributed by atoms with Crippen LogP contribution in [0.1, 0.15) is 51.0 Å². The van der Waals surface area contributed by atoms with Crippen LogP contribution in [0.5, 0.6) is 0 Å². The first kappa shape index (κ1) is 17.5. The van der Waals surface area contributed by atoms with E-state index in [-0.39, 0.29) is 0 Å². The Morgan fingerprint density at radius 3 is 2.65 bits per heavy atom. The van der Waals surface area contributed by atoms with Gasteiger partial charge < -0.3 is 10.1 Å². The highest BCUT2D eigenvalue weighted by atomic mass is 35.5. The van der Waals surface area contributed by atoms with Crippen molar-refractivity contribution in [3.63, 3.8) is 0 Å². The summed E-state index contributed by atoms with van der Waals surface area (Å²) < 4.78 is 5.70. The molecule has 1 aromatic rings. The predicted octanol–water partition coefficient (Wildman–Crippen LogP) is 4.63. The van der Waals surface area contributed by atoms with Gasteiger partial charge in [-0.15, -0.1) is 0 Å². The average Bonchev–Trinajstić information content (AvgIpc) is 2.46. The van der Waals surface area contributed by atoms with Crippen molar-refractivity contribution >= 4 is 11.6 Å². The summed E-state index contributed by atoms with van der Waals surface area (Å²) in [5.74, 6) is 0.428. The van der Waals surface area contributed by atoms with Gasteiger partial charge in [-0.1, -0.05) is 50.1 Å². The van der Waals surface area contributed by atoms with Gasteiger partial charge in [-0.3, -0.25) is 0 Å². The van der Waals surface area contributed by atoms with Crippen molar-refractivity contribution < 1.29 is 4.74 Å². The van der Waals surface area contributed by atoms with E-state index in [0.29, 0.717) is 5.92 Å². The quantitative estimate of drug-likeness (QED) is 0.601. The lowest BCUT2D eigenvalue weighted by molar-refractivity contribution is 0.124. The Labute approximate surface area is 128 Å². The molecule has 1 rings (SSSR count). The van der Waals surface area contributed by atoms with Gasteiger partial charge in [0.25, 0.3) is 0 Å². The molecule has 3 heteroatoms. The molecule has 0 saturated heterocycles. The summed E-state index contributed by atoms with van der Waals surface area (Å²) in [7, 11) is 0. The van der Waals surface area contributed by atoms with Crippen LogP contribution in [0.4, 0.5) is 0 Å². The van der Waals surface area contributed by atoms with Crippen LogP contribution in [0.2, 0.25) is 5.02 Å². The van der Waals surface area contributed by atoms with Gasteiger partial charge in [0.05, 0.1) is 0 Å². The van der Waals surface area contributed by atoms with Crippen LogP contribution in [-0.2, 0) is 4.74 Å². The van der Waals surface area contributed by atoms with Gasteiger partial charge >= 0.3 is 0 Å². The Kier molecular flexibility index (Phi) is 9.73. The van der Waals surface area contributed by atoms with Gasteiger partial charge in [-0.05, 0) is 43.4 Å². The van der Waals surface area contributed by atoms with Crippen molar-refractivity contribution in [2.75, 3.05) is 26.3 Å².